The summed E-state index contributed by atoms with van der Waals surface area (Å²) in [5.74, 6) is -1.74. The molecule has 0 saturated heterocycles. The fourth-order valence-electron chi connectivity index (χ4n) is 3.38. The molecule has 160 valence electrons. The standard InChI is InChI=1S/C20H26FN7O2/c1-28(2)20(30)16-9-11(7-8-24-16)25-18-12(17(23)29)10-13(21)19(27-18)26-15-6-4-3-5-14(15)22/h7-10,14-15H,3-6,22H2,1-2H3,(H2,23,29)(H2,24,25,26,27)/t14-,15+/m0/s1. The highest BCUT2D eigenvalue weighted by Crippen LogP contribution is 2.27. The van der Waals surface area contributed by atoms with Crippen molar-refractivity contribution in [3.05, 3.63) is 41.5 Å². The average Bonchev–Trinajstić information content (AvgIpc) is 2.71. The summed E-state index contributed by atoms with van der Waals surface area (Å²) in [6.45, 7) is 0. The summed E-state index contributed by atoms with van der Waals surface area (Å²) in [6, 6.07) is 3.95. The highest BCUT2D eigenvalue weighted by Gasteiger charge is 2.24. The van der Waals surface area contributed by atoms with E-state index in [9.17, 15) is 14.0 Å². The number of nitrogens with two attached hydrogens (primary N) is 2. The van der Waals surface area contributed by atoms with Crippen LogP contribution in [0.3, 0.4) is 0 Å². The minimum Gasteiger partial charge on any atom is -0.365 e. The molecule has 1 aliphatic rings. The molecule has 0 aromatic carbocycles. The first-order valence-electron chi connectivity index (χ1n) is 9.73. The molecule has 1 aliphatic carbocycles. The maximum Gasteiger partial charge on any atom is 0.272 e. The number of aromatic nitrogens is 2. The Morgan fingerprint density at radius 1 is 1.20 bits per heavy atom. The lowest BCUT2D eigenvalue weighted by molar-refractivity contribution is 0.0821. The van der Waals surface area contributed by atoms with Gasteiger partial charge in [-0.3, -0.25) is 14.6 Å². The molecule has 0 unspecified atom stereocenters. The minimum atomic E-state index is -0.830. The zero-order chi connectivity index (χ0) is 21.8. The predicted octanol–water partition coefficient (Wildman–Crippen LogP) is 1.84. The number of rotatable bonds is 6. The minimum absolute atomic E-state index is 0.0107. The summed E-state index contributed by atoms with van der Waals surface area (Å²) in [4.78, 5) is 33.7. The summed E-state index contributed by atoms with van der Waals surface area (Å²) >= 11 is 0. The van der Waals surface area contributed by atoms with Crippen molar-refractivity contribution in [2.45, 2.75) is 37.8 Å². The van der Waals surface area contributed by atoms with Crippen LogP contribution in [0.15, 0.2) is 24.4 Å². The Hall–Kier alpha value is -3.27. The Balaban J connectivity index is 1.92. The molecule has 2 amide bonds. The van der Waals surface area contributed by atoms with Gasteiger partial charge in [0.2, 0.25) is 0 Å². The second kappa shape index (κ2) is 9.04. The molecule has 9 nitrogen and oxygen atoms in total. The van der Waals surface area contributed by atoms with Crippen LogP contribution < -0.4 is 22.1 Å². The van der Waals surface area contributed by atoms with E-state index in [2.05, 4.69) is 20.6 Å². The van der Waals surface area contributed by atoms with Crippen molar-refractivity contribution in [1.82, 2.24) is 14.9 Å². The zero-order valence-electron chi connectivity index (χ0n) is 17.0. The third-order valence-electron chi connectivity index (χ3n) is 5.03. The molecular formula is C20H26FN7O2. The molecule has 0 aliphatic heterocycles. The molecule has 3 rings (SSSR count). The number of amides is 2. The number of pyridine rings is 2. The SMILES string of the molecule is CN(C)C(=O)c1cc(Nc2nc(N[C@@H]3CCCC[C@@H]3N)c(F)cc2C(N)=O)ccn1. The second-order valence-corrected chi connectivity index (χ2v) is 7.53. The summed E-state index contributed by atoms with van der Waals surface area (Å²) in [7, 11) is 3.23. The van der Waals surface area contributed by atoms with Crippen LogP contribution >= 0.6 is 0 Å². The molecule has 0 spiro atoms. The van der Waals surface area contributed by atoms with Gasteiger partial charge in [0.25, 0.3) is 11.8 Å². The summed E-state index contributed by atoms with van der Waals surface area (Å²) < 4.78 is 14.6. The molecule has 2 aromatic rings. The first kappa shape index (κ1) is 21.4. The number of hydrogen-bond acceptors (Lipinski definition) is 7. The van der Waals surface area contributed by atoms with Crippen molar-refractivity contribution in [3.63, 3.8) is 0 Å². The van der Waals surface area contributed by atoms with Gasteiger partial charge in [-0.25, -0.2) is 9.37 Å². The average molecular weight is 415 g/mol. The quantitative estimate of drug-likeness (QED) is 0.564. The Kier molecular flexibility index (Phi) is 6.46. The highest BCUT2D eigenvalue weighted by molar-refractivity contribution is 5.99. The fraction of sp³-hybridized carbons (Fsp3) is 0.400. The number of nitrogens with one attached hydrogen (secondary N) is 2. The maximum atomic E-state index is 14.6. The summed E-state index contributed by atoms with van der Waals surface area (Å²) in [6.07, 6.45) is 5.15. The van der Waals surface area contributed by atoms with Gasteiger partial charge in [0.1, 0.15) is 11.5 Å². The van der Waals surface area contributed by atoms with Gasteiger partial charge in [0, 0.05) is 38.1 Å². The molecule has 0 radical (unpaired) electrons. The molecule has 0 bridgehead atoms. The van der Waals surface area contributed by atoms with Crippen LogP contribution in [0.25, 0.3) is 0 Å². The van der Waals surface area contributed by atoms with Crippen LogP contribution in [0.1, 0.15) is 46.5 Å². The lowest BCUT2D eigenvalue weighted by Gasteiger charge is -2.30. The van der Waals surface area contributed by atoms with Crippen molar-refractivity contribution in [1.29, 1.82) is 0 Å². The van der Waals surface area contributed by atoms with Gasteiger partial charge in [0.05, 0.1) is 5.56 Å². The van der Waals surface area contributed by atoms with Crippen LogP contribution in [0.4, 0.5) is 21.7 Å². The Labute approximate surface area is 174 Å². The topological polar surface area (TPSA) is 139 Å². The molecular weight excluding hydrogens is 389 g/mol. The van der Waals surface area contributed by atoms with E-state index in [4.69, 9.17) is 11.5 Å². The van der Waals surface area contributed by atoms with Gasteiger partial charge in [-0.2, -0.15) is 0 Å². The summed E-state index contributed by atoms with van der Waals surface area (Å²) in [5.41, 5.74) is 12.1. The normalized spacial score (nSPS) is 18.5. The van der Waals surface area contributed by atoms with Crippen LogP contribution in [-0.2, 0) is 0 Å². The van der Waals surface area contributed by atoms with Gasteiger partial charge in [-0.05, 0) is 31.0 Å². The van der Waals surface area contributed by atoms with Crippen molar-refractivity contribution in [2.75, 3.05) is 24.7 Å². The smallest absolute Gasteiger partial charge is 0.272 e. The summed E-state index contributed by atoms with van der Waals surface area (Å²) in [5, 5.41) is 6.00. The monoisotopic (exact) mass is 415 g/mol. The number of halogens is 1. The molecule has 2 atom stereocenters. The second-order valence-electron chi connectivity index (χ2n) is 7.53. The lowest BCUT2D eigenvalue weighted by Crippen LogP contribution is -2.43. The zero-order valence-corrected chi connectivity index (χ0v) is 17.0. The largest absolute Gasteiger partial charge is 0.365 e. The number of primary amides is 1. The van der Waals surface area contributed by atoms with E-state index in [1.807, 2.05) is 0 Å². The molecule has 2 heterocycles. The van der Waals surface area contributed by atoms with Crippen LogP contribution in [0.5, 0.6) is 0 Å². The van der Waals surface area contributed by atoms with Crippen molar-refractivity contribution in [3.8, 4) is 0 Å². The molecule has 1 saturated carbocycles. The highest BCUT2D eigenvalue weighted by atomic mass is 19.1. The fourth-order valence-corrected chi connectivity index (χ4v) is 3.38. The van der Waals surface area contributed by atoms with Gasteiger partial charge < -0.3 is 27.0 Å². The Morgan fingerprint density at radius 2 is 1.93 bits per heavy atom. The number of nitrogens with zero attached hydrogens (tertiary/aromatic N) is 3. The molecule has 2 aromatic heterocycles. The predicted molar refractivity (Wildman–Crippen MR) is 112 cm³/mol. The number of hydrogen-bond donors (Lipinski definition) is 4. The molecule has 6 N–H and O–H groups in total. The molecule has 1 fully saturated rings. The Morgan fingerprint density at radius 3 is 2.60 bits per heavy atom. The van der Waals surface area contributed by atoms with E-state index in [-0.39, 0.29) is 40.9 Å². The Bertz CT molecular complexity index is 951. The number of carbonyl (C=O) groups excluding carboxylic acids is 2. The van der Waals surface area contributed by atoms with Crippen molar-refractivity contribution in [2.24, 2.45) is 11.5 Å². The van der Waals surface area contributed by atoms with E-state index in [1.165, 1.54) is 17.2 Å². The number of anilines is 3. The van der Waals surface area contributed by atoms with Crippen molar-refractivity contribution >= 4 is 29.1 Å². The maximum absolute atomic E-state index is 14.6. The lowest BCUT2D eigenvalue weighted by atomic mass is 9.91. The molecule has 30 heavy (non-hydrogen) atoms. The van der Waals surface area contributed by atoms with Gasteiger partial charge in [0.15, 0.2) is 11.6 Å². The van der Waals surface area contributed by atoms with E-state index >= 15 is 0 Å². The van der Waals surface area contributed by atoms with Gasteiger partial charge >= 0.3 is 0 Å². The van der Waals surface area contributed by atoms with Crippen LogP contribution in [0.2, 0.25) is 0 Å². The van der Waals surface area contributed by atoms with Gasteiger partial charge in [-0.1, -0.05) is 12.8 Å². The molecule has 10 heteroatoms. The van der Waals surface area contributed by atoms with E-state index in [0.717, 1.165) is 31.7 Å². The van der Waals surface area contributed by atoms with Gasteiger partial charge in [-0.15, -0.1) is 0 Å². The van der Waals surface area contributed by atoms with E-state index < -0.39 is 11.7 Å². The van der Waals surface area contributed by atoms with Crippen LogP contribution in [-0.4, -0.2) is 52.9 Å². The van der Waals surface area contributed by atoms with Crippen LogP contribution in [0, 0.1) is 5.82 Å². The third kappa shape index (κ3) is 4.82. The van der Waals surface area contributed by atoms with E-state index in [1.54, 1.807) is 20.2 Å². The first-order chi connectivity index (χ1) is 14.3. The number of carbonyl (C=O) groups is 2. The third-order valence-corrected chi connectivity index (χ3v) is 5.03. The van der Waals surface area contributed by atoms with Crippen molar-refractivity contribution < 1.29 is 14.0 Å². The first-order valence-corrected chi connectivity index (χ1v) is 9.73. The van der Waals surface area contributed by atoms with E-state index in [0.29, 0.717) is 5.69 Å².